The Morgan fingerprint density at radius 3 is 2.35 bits per heavy atom. The molecule has 0 saturated carbocycles. The Morgan fingerprint density at radius 2 is 1.94 bits per heavy atom. The normalized spacial score (nSPS) is 13.2. The second-order valence-corrected chi connectivity index (χ2v) is 5.34. The van der Waals surface area contributed by atoms with E-state index in [2.05, 4.69) is 12.6 Å². The molecule has 0 aliphatic rings. The summed E-state index contributed by atoms with van der Waals surface area (Å²) in [7, 11) is -3.87. The molecule has 0 aromatic heterocycles. The first kappa shape index (κ1) is 13.8. The van der Waals surface area contributed by atoms with Gasteiger partial charge in [0.1, 0.15) is 6.04 Å². The van der Waals surface area contributed by atoms with Crippen LogP contribution in [0.5, 0.6) is 0 Å². The van der Waals surface area contributed by atoms with Crippen LogP contribution in [-0.2, 0) is 14.8 Å². The highest BCUT2D eigenvalue weighted by Crippen LogP contribution is 2.12. The molecule has 0 fully saturated rings. The average Bonchev–Trinajstić information content (AvgIpc) is 2.26. The van der Waals surface area contributed by atoms with Crippen molar-refractivity contribution in [3.8, 4) is 0 Å². The number of rotatable bonds is 5. The van der Waals surface area contributed by atoms with E-state index in [-0.39, 0.29) is 10.6 Å². The van der Waals surface area contributed by atoms with Crippen LogP contribution in [-0.4, -0.2) is 31.3 Å². The third-order valence-electron chi connectivity index (χ3n) is 1.97. The van der Waals surface area contributed by atoms with Gasteiger partial charge in [-0.05, 0) is 24.3 Å². The predicted octanol–water partition coefficient (Wildman–Crippen LogP) is -0.0699. The van der Waals surface area contributed by atoms with E-state index in [4.69, 9.17) is 10.8 Å². The molecule has 0 radical (unpaired) electrons. The lowest BCUT2D eigenvalue weighted by Gasteiger charge is -2.12. The summed E-state index contributed by atoms with van der Waals surface area (Å²) >= 11 is 3.77. The van der Waals surface area contributed by atoms with Crippen LogP contribution in [0.1, 0.15) is 0 Å². The summed E-state index contributed by atoms with van der Waals surface area (Å²) in [5.74, 6) is -1.41. The molecule has 1 aromatic carbocycles. The highest BCUT2D eigenvalue weighted by molar-refractivity contribution is 7.89. The number of benzene rings is 1. The Morgan fingerprint density at radius 1 is 1.41 bits per heavy atom. The molecule has 94 valence electrons. The molecule has 0 heterocycles. The molecule has 0 spiro atoms. The van der Waals surface area contributed by atoms with Gasteiger partial charge in [0.25, 0.3) is 0 Å². The number of hydrogen-bond donors (Lipinski definition) is 4. The van der Waals surface area contributed by atoms with Gasteiger partial charge in [-0.15, -0.1) is 0 Å². The molecule has 1 atom stereocenters. The zero-order chi connectivity index (χ0) is 13.1. The zero-order valence-corrected chi connectivity index (χ0v) is 10.4. The van der Waals surface area contributed by atoms with E-state index < -0.39 is 22.0 Å². The number of thiol groups is 1. The van der Waals surface area contributed by atoms with E-state index in [0.717, 1.165) is 0 Å². The van der Waals surface area contributed by atoms with E-state index in [1.54, 1.807) is 0 Å². The second kappa shape index (κ2) is 5.39. The van der Waals surface area contributed by atoms with Gasteiger partial charge in [-0.2, -0.15) is 17.4 Å². The number of aliphatic carboxylic acids is 1. The van der Waals surface area contributed by atoms with Crippen LogP contribution in [0.2, 0.25) is 0 Å². The molecule has 0 bridgehead atoms. The third-order valence-corrected chi connectivity index (χ3v) is 3.82. The first-order valence-electron chi connectivity index (χ1n) is 4.58. The van der Waals surface area contributed by atoms with E-state index in [1.807, 2.05) is 4.72 Å². The molecule has 1 aromatic rings. The van der Waals surface area contributed by atoms with Gasteiger partial charge in [0, 0.05) is 11.4 Å². The summed E-state index contributed by atoms with van der Waals surface area (Å²) in [6.45, 7) is 0. The Balaban J connectivity index is 2.96. The first-order valence-corrected chi connectivity index (χ1v) is 6.70. The van der Waals surface area contributed by atoms with Crippen LogP contribution in [0.15, 0.2) is 29.2 Å². The van der Waals surface area contributed by atoms with Crippen molar-refractivity contribution in [3.63, 3.8) is 0 Å². The standard InChI is InChI=1S/C9H12N2O4S2/c10-6-1-3-7(4-2-6)17(14,15)11-8(5-16)9(12)13/h1-4,8,11,16H,5,10H2,(H,12,13)/t8-/m0/s1. The van der Waals surface area contributed by atoms with Crippen molar-refractivity contribution < 1.29 is 18.3 Å². The van der Waals surface area contributed by atoms with Gasteiger partial charge in [-0.25, -0.2) is 8.42 Å². The summed E-state index contributed by atoms with van der Waals surface area (Å²) in [6.07, 6.45) is 0. The number of nitrogens with two attached hydrogens (primary N) is 1. The lowest BCUT2D eigenvalue weighted by molar-refractivity contribution is -0.138. The van der Waals surface area contributed by atoms with Crippen LogP contribution in [0.4, 0.5) is 5.69 Å². The van der Waals surface area contributed by atoms with Crippen molar-refractivity contribution >= 4 is 34.3 Å². The third kappa shape index (κ3) is 3.62. The summed E-state index contributed by atoms with van der Waals surface area (Å²) in [5, 5.41) is 8.73. The average molecular weight is 276 g/mol. The molecular weight excluding hydrogens is 264 g/mol. The molecular formula is C9H12N2O4S2. The lowest BCUT2D eigenvalue weighted by atomic mass is 10.3. The fourth-order valence-electron chi connectivity index (χ4n) is 1.07. The predicted molar refractivity (Wildman–Crippen MR) is 66.5 cm³/mol. The molecule has 0 aliphatic carbocycles. The number of anilines is 1. The van der Waals surface area contributed by atoms with Crippen molar-refractivity contribution in [1.29, 1.82) is 0 Å². The molecule has 0 amide bonds. The van der Waals surface area contributed by atoms with Crippen molar-refractivity contribution in [2.24, 2.45) is 0 Å². The number of hydrogen-bond acceptors (Lipinski definition) is 5. The summed E-state index contributed by atoms with van der Waals surface area (Å²) in [6, 6.07) is 4.18. The zero-order valence-electron chi connectivity index (χ0n) is 8.70. The van der Waals surface area contributed by atoms with Gasteiger partial charge in [0.15, 0.2) is 0 Å². The van der Waals surface area contributed by atoms with Gasteiger partial charge < -0.3 is 10.8 Å². The van der Waals surface area contributed by atoms with Crippen molar-refractivity contribution in [3.05, 3.63) is 24.3 Å². The number of carboxylic acids is 1. The van der Waals surface area contributed by atoms with Crippen molar-refractivity contribution in [2.45, 2.75) is 10.9 Å². The summed E-state index contributed by atoms with van der Waals surface area (Å²) < 4.78 is 25.6. The van der Waals surface area contributed by atoms with E-state index >= 15 is 0 Å². The van der Waals surface area contributed by atoms with E-state index in [1.165, 1.54) is 24.3 Å². The van der Waals surface area contributed by atoms with Crippen LogP contribution in [0, 0.1) is 0 Å². The molecule has 0 unspecified atom stereocenters. The van der Waals surface area contributed by atoms with Gasteiger partial charge in [-0.3, -0.25) is 4.79 Å². The maximum absolute atomic E-state index is 11.8. The van der Waals surface area contributed by atoms with Crippen LogP contribution in [0.25, 0.3) is 0 Å². The molecule has 6 nitrogen and oxygen atoms in total. The topological polar surface area (TPSA) is 109 Å². The van der Waals surface area contributed by atoms with Crippen LogP contribution < -0.4 is 10.5 Å². The molecule has 0 aliphatic heterocycles. The largest absolute Gasteiger partial charge is 0.480 e. The second-order valence-electron chi connectivity index (χ2n) is 3.26. The first-order chi connectivity index (χ1) is 7.86. The molecule has 8 heteroatoms. The number of carboxylic acid groups (broad SMARTS) is 1. The minimum Gasteiger partial charge on any atom is -0.480 e. The number of nitrogens with one attached hydrogen (secondary N) is 1. The highest BCUT2D eigenvalue weighted by atomic mass is 32.2. The van der Waals surface area contributed by atoms with Gasteiger partial charge in [-0.1, -0.05) is 0 Å². The Hall–Kier alpha value is -1.25. The van der Waals surface area contributed by atoms with Gasteiger partial charge in [0.05, 0.1) is 4.90 Å². The minimum absolute atomic E-state index is 0.0419. The summed E-state index contributed by atoms with van der Waals surface area (Å²) in [4.78, 5) is 10.7. The number of sulfonamides is 1. The number of carbonyl (C=O) groups is 1. The van der Waals surface area contributed by atoms with Gasteiger partial charge >= 0.3 is 5.97 Å². The Bertz CT molecular complexity index is 498. The molecule has 0 saturated heterocycles. The van der Waals surface area contributed by atoms with Crippen LogP contribution >= 0.6 is 12.6 Å². The summed E-state index contributed by atoms with van der Waals surface area (Å²) in [5.41, 5.74) is 5.85. The quantitative estimate of drug-likeness (QED) is 0.444. The lowest BCUT2D eigenvalue weighted by Crippen LogP contribution is -2.42. The van der Waals surface area contributed by atoms with Gasteiger partial charge in [0.2, 0.25) is 10.0 Å². The highest BCUT2D eigenvalue weighted by Gasteiger charge is 2.23. The smallest absolute Gasteiger partial charge is 0.322 e. The fraction of sp³-hybridized carbons (Fsp3) is 0.222. The number of nitrogen functional groups attached to an aromatic ring is 1. The maximum Gasteiger partial charge on any atom is 0.322 e. The monoisotopic (exact) mass is 276 g/mol. The van der Waals surface area contributed by atoms with Crippen molar-refractivity contribution in [1.82, 2.24) is 4.72 Å². The minimum atomic E-state index is -3.87. The fourth-order valence-corrected chi connectivity index (χ4v) is 2.63. The van der Waals surface area contributed by atoms with E-state index in [9.17, 15) is 13.2 Å². The van der Waals surface area contributed by atoms with E-state index in [0.29, 0.717) is 5.69 Å². The van der Waals surface area contributed by atoms with Crippen LogP contribution in [0.3, 0.4) is 0 Å². The van der Waals surface area contributed by atoms with Crippen molar-refractivity contribution in [2.75, 3.05) is 11.5 Å². The molecule has 4 N–H and O–H groups in total. The Labute approximate surface area is 104 Å². The molecule has 1 rings (SSSR count). The maximum atomic E-state index is 11.8. The SMILES string of the molecule is Nc1ccc(S(=O)(=O)N[C@@H](CS)C(=O)O)cc1. The molecule has 17 heavy (non-hydrogen) atoms. The Kier molecular flexibility index (Phi) is 4.38.